The van der Waals surface area contributed by atoms with E-state index in [2.05, 4.69) is 17.4 Å². The van der Waals surface area contributed by atoms with Crippen LogP contribution in [0.3, 0.4) is 0 Å². The molecule has 106 valence electrons. The highest BCUT2D eigenvalue weighted by Gasteiger charge is 2.51. The first-order chi connectivity index (χ1) is 9.72. The van der Waals surface area contributed by atoms with Crippen LogP contribution in [0.4, 0.5) is 0 Å². The molecule has 2 heteroatoms. The molecule has 0 aromatic heterocycles. The van der Waals surface area contributed by atoms with Gasteiger partial charge in [0.2, 0.25) is 0 Å². The summed E-state index contributed by atoms with van der Waals surface area (Å²) in [6.45, 7) is 2.86. The van der Waals surface area contributed by atoms with Gasteiger partial charge in [0.15, 0.2) is 5.78 Å². The van der Waals surface area contributed by atoms with Crippen LogP contribution in [0.2, 0.25) is 0 Å². The fourth-order valence-corrected chi connectivity index (χ4v) is 5.29. The molecule has 2 bridgehead atoms. The van der Waals surface area contributed by atoms with Crippen LogP contribution in [0.25, 0.3) is 0 Å². The quantitative estimate of drug-likeness (QED) is 0.793. The molecule has 3 atom stereocenters. The second kappa shape index (κ2) is 4.42. The molecule has 1 saturated carbocycles. The Morgan fingerprint density at radius 2 is 2.20 bits per heavy atom. The van der Waals surface area contributed by atoms with Gasteiger partial charge in [-0.2, -0.15) is 0 Å². The summed E-state index contributed by atoms with van der Waals surface area (Å²) in [5.41, 5.74) is 4.22. The number of hydrogen-bond donors (Lipinski definition) is 1. The summed E-state index contributed by atoms with van der Waals surface area (Å²) in [5, 5.41) is 3.74. The predicted octanol–water partition coefficient (Wildman–Crippen LogP) is 3.24. The lowest BCUT2D eigenvalue weighted by molar-refractivity contribution is 0.0790. The van der Waals surface area contributed by atoms with Gasteiger partial charge in [0.05, 0.1) is 0 Å². The number of nitrogens with one attached hydrogen (secondary N) is 1. The van der Waals surface area contributed by atoms with Gasteiger partial charge in [0.25, 0.3) is 0 Å². The van der Waals surface area contributed by atoms with Gasteiger partial charge in [0.1, 0.15) is 0 Å². The summed E-state index contributed by atoms with van der Waals surface area (Å²) in [7, 11) is 0. The van der Waals surface area contributed by atoms with Crippen molar-refractivity contribution in [3.8, 4) is 0 Å². The van der Waals surface area contributed by atoms with E-state index >= 15 is 0 Å². The van der Waals surface area contributed by atoms with Gasteiger partial charge in [0, 0.05) is 17.0 Å². The minimum atomic E-state index is 0.227. The number of carbonyl (C=O) groups is 1. The minimum absolute atomic E-state index is 0.227. The van der Waals surface area contributed by atoms with E-state index in [1.165, 1.54) is 43.2 Å². The van der Waals surface area contributed by atoms with Crippen molar-refractivity contribution in [2.75, 3.05) is 6.54 Å². The Morgan fingerprint density at radius 3 is 3.05 bits per heavy atom. The molecule has 3 aliphatic rings. The summed E-state index contributed by atoms with van der Waals surface area (Å²) in [6, 6.07) is 7.05. The van der Waals surface area contributed by atoms with Crippen molar-refractivity contribution in [1.29, 1.82) is 0 Å². The molecule has 0 spiro atoms. The molecule has 2 nitrogen and oxygen atoms in total. The maximum atomic E-state index is 12.0. The Bertz CT molecular complexity index is 561. The summed E-state index contributed by atoms with van der Waals surface area (Å²) >= 11 is 0. The molecule has 0 unspecified atom stereocenters. The number of Topliss-reactive ketones (excluding diaryl/α,β-unsaturated/α-hetero) is 1. The van der Waals surface area contributed by atoms with Crippen molar-refractivity contribution < 1.29 is 4.79 Å². The van der Waals surface area contributed by atoms with Crippen LogP contribution in [-0.2, 0) is 11.8 Å². The Balaban J connectivity index is 1.93. The van der Waals surface area contributed by atoms with Gasteiger partial charge in [-0.15, -0.1) is 0 Å². The largest absolute Gasteiger partial charge is 0.313 e. The van der Waals surface area contributed by atoms with Crippen LogP contribution in [0.15, 0.2) is 18.2 Å². The molecule has 1 N–H and O–H groups in total. The average molecular weight is 269 g/mol. The third-order valence-electron chi connectivity index (χ3n) is 6.08. The van der Waals surface area contributed by atoms with Crippen LogP contribution >= 0.6 is 0 Å². The maximum absolute atomic E-state index is 12.0. The second-order valence-corrected chi connectivity index (χ2v) is 6.91. The van der Waals surface area contributed by atoms with Crippen molar-refractivity contribution in [1.82, 2.24) is 5.32 Å². The highest BCUT2D eigenvalue weighted by Crippen LogP contribution is 2.54. The number of benzene rings is 1. The van der Waals surface area contributed by atoms with Crippen molar-refractivity contribution in [2.24, 2.45) is 5.92 Å². The molecule has 1 aliphatic heterocycles. The average Bonchev–Trinajstić information content (AvgIpc) is 2.46. The normalized spacial score (nSPS) is 35.0. The van der Waals surface area contributed by atoms with Crippen LogP contribution in [0.1, 0.15) is 60.5 Å². The number of ketones is 1. The second-order valence-electron chi connectivity index (χ2n) is 6.91. The molecular formula is C18H23NO. The minimum Gasteiger partial charge on any atom is -0.313 e. The lowest BCUT2D eigenvalue weighted by Crippen LogP contribution is -2.59. The molecule has 1 saturated heterocycles. The van der Waals surface area contributed by atoms with Crippen LogP contribution in [0, 0.1) is 5.92 Å². The Hall–Kier alpha value is -1.15. The van der Waals surface area contributed by atoms with Crippen LogP contribution in [-0.4, -0.2) is 18.4 Å². The first-order valence-electron chi connectivity index (χ1n) is 8.09. The topological polar surface area (TPSA) is 29.1 Å². The molecule has 4 rings (SSSR count). The number of carbonyl (C=O) groups excluding carboxylic acids is 1. The molecule has 2 aliphatic carbocycles. The Labute approximate surface area is 121 Å². The molecule has 0 radical (unpaired) electrons. The molecular weight excluding hydrogens is 246 g/mol. The lowest BCUT2D eigenvalue weighted by Gasteiger charge is -2.56. The fourth-order valence-electron chi connectivity index (χ4n) is 5.29. The van der Waals surface area contributed by atoms with Gasteiger partial charge < -0.3 is 5.32 Å². The van der Waals surface area contributed by atoms with Gasteiger partial charge >= 0.3 is 0 Å². The van der Waals surface area contributed by atoms with Gasteiger partial charge in [-0.25, -0.2) is 0 Å². The number of fused-ring (bicyclic) bond motifs is 1. The summed E-state index contributed by atoms with van der Waals surface area (Å²) in [5.74, 6) is 1.02. The molecule has 0 amide bonds. The van der Waals surface area contributed by atoms with Crippen LogP contribution < -0.4 is 5.32 Å². The third kappa shape index (κ3) is 1.57. The predicted molar refractivity (Wildman–Crippen MR) is 80.2 cm³/mol. The van der Waals surface area contributed by atoms with E-state index < -0.39 is 0 Å². The number of hydrogen-bond acceptors (Lipinski definition) is 2. The fraction of sp³-hybridized carbons (Fsp3) is 0.611. The summed E-state index contributed by atoms with van der Waals surface area (Å²) in [6.07, 6.45) is 7.73. The zero-order valence-electron chi connectivity index (χ0n) is 12.2. The maximum Gasteiger partial charge on any atom is 0.160 e. The Kier molecular flexibility index (Phi) is 2.78. The smallest absolute Gasteiger partial charge is 0.160 e. The van der Waals surface area contributed by atoms with Crippen LogP contribution in [0.5, 0.6) is 0 Å². The lowest BCUT2D eigenvalue weighted by atomic mass is 9.52. The van der Waals surface area contributed by atoms with Gasteiger partial charge in [-0.05, 0) is 56.2 Å². The molecule has 2 fully saturated rings. The molecule has 1 heterocycles. The standard InChI is InChI=1S/C18H23NO/c1-12(20)13-5-4-7-15-14(13)11-17-16-6-2-3-8-18(15,16)9-10-19-17/h4-5,7,16-17,19H,2-3,6,8-11H2,1H3/t16-,17+,18-/m0/s1. The number of piperidine rings is 1. The summed E-state index contributed by atoms with van der Waals surface area (Å²) < 4.78 is 0. The molecule has 1 aromatic rings. The zero-order chi connectivity index (χ0) is 13.7. The zero-order valence-corrected chi connectivity index (χ0v) is 12.2. The van der Waals surface area contributed by atoms with E-state index in [1.807, 2.05) is 6.07 Å². The van der Waals surface area contributed by atoms with Crippen molar-refractivity contribution in [3.63, 3.8) is 0 Å². The van der Waals surface area contributed by atoms with E-state index in [0.29, 0.717) is 11.5 Å². The SMILES string of the molecule is CC(=O)c1cccc2c1C[C@H]1NCC[C@@]23CCCC[C@@H]13. The Morgan fingerprint density at radius 1 is 1.30 bits per heavy atom. The third-order valence-corrected chi connectivity index (χ3v) is 6.08. The van der Waals surface area contributed by atoms with E-state index in [4.69, 9.17) is 0 Å². The monoisotopic (exact) mass is 269 g/mol. The molecule has 20 heavy (non-hydrogen) atoms. The van der Waals surface area contributed by atoms with Crippen molar-refractivity contribution >= 4 is 5.78 Å². The van der Waals surface area contributed by atoms with Crippen molar-refractivity contribution in [2.45, 2.75) is 56.9 Å². The first-order valence-corrected chi connectivity index (χ1v) is 8.09. The highest BCUT2D eigenvalue weighted by molar-refractivity contribution is 5.96. The van der Waals surface area contributed by atoms with E-state index in [-0.39, 0.29) is 5.78 Å². The summed E-state index contributed by atoms with van der Waals surface area (Å²) in [4.78, 5) is 12.0. The van der Waals surface area contributed by atoms with Gasteiger partial charge in [-0.1, -0.05) is 31.0 Å². The van der Waals surface area contributed by atoms with Crippen molar-refractivity contribution in [3.05, 3.63) is 34.9 Å². The highest BCUT2D eigenvalue weighted by atomic mass is 16.1. The number of rotatable bonds is 1. The van der Waals surface area contributed by atoms with Gasteiger partial charge in [-0.3, -0.25) is 4.79 Å². The first kappa shape index (κ1) is 12.6. The molecule has 1 aromatic carbocycles. The van der Waals surface area contributed by atoms with E-state index in [1.54, 1.807) is 6.92 Å². The van der Waals surface area contributed by atoms with E-state index in [9.17, 15) is 4.79 Å². The van der Waals surface area contributed by atoms with E-state index in [0.717, 1.165) is 24.4 Å².